The third-order valence-corrected chi connectivity index (χ3v) is 4.19. The highest BCUT2D eigenvalue weighted by atomic mass is 32.2. The Hall–Kier alpha value is -0.590. The lowest BCUT2D eigenvalue weighted by molar-refractivity contribution is 0.361. The van der Waals surface area contributed by atoms with E-state index in [0.29, 0.717) is 12.6 Å². The molecule has 0 saturated carbocycles. The van der Waals surface area contributed by atoms with E-state index in [1.807, 2.05) is 0 Å². The molecule has 2 rings (SSSR count). The maximum atomic E-state index is 5.69. The third kappa shape index (κ3) is 3.24. The minimum absolute atomic E-state index is 0.368. The van der Waals surface area contributed by atoms with Crippen molar-refractivity contribution in [3.05, 3.63) is 5.82 Å². The van der Waals surface area contributed by atoms with E-state index in [2.05, 4.69) is 33.5 Å². The van der Waals surface area contributed by atoms with Gasteiger partial charge in [0.15, 0.2) is 5.16 Å². The second kappa shape index (κ2) is 6.54. The molecule has 1 aromatic heterocycles. The summed E-state index contributed by atoms with van der Waals surface area (Å²) in [6, 6.07) is 0.368. The van der Waals surface area contributed by atoms with Crippen LogP contribution in [0.15, 0.2) is 5.16 Å². The normalized spacial score (nSPS) is 16.9. The zero-order chi connectivity index (χ0) is 13.0. The predicted molar refractivity (Wildman–Crippen MR) is 74.7 cm³/mol. The molecule has 0 atom stereocenters. The van der Waals surface area contributed by atoms with Crippen LogP contribution in [-0.4, -0.2) is 45.1 Å². The van der Waals surface area contributed by atoms with E-state index in [4.69, 9.17) is 5.73 Å². The second-order valence-electron chi connectivity index (χ2n) is 4.96. The Morgan fingerprint density at radius 2 is 2.00 bits per heavy atom. The molecule has 0 bridgehead atoms. The molecule has 1 saturated heterocycles. The van der Waals surface area contributed by atoms with Gasteiger partial charge < -0.3 is 15.2 Å². The maximum absolute atomic E-state index is 5.69. The van der Waals surface area contributed by atoms with Crippen molar-refractivity contribution in [1.82, 2.24) is 19.7 Å². The first-order chi connectivity index (χ1) is 8.72. The Kier molecular flexibility index (Phi) is 5.03. The Bertz CT molecular complexity index is 371. The standard InChI is InChI=1S/C12H23N5S/c1-10(2)17-11(9-13)14-15-12(17)18-8-7-16-5-3-4-6-16/h10H,3-9,13H2,1-2H3. The van der Waals surface area contributed by atoms with Crippen molar-refractivity contribution in [2.75, 3.05) is 25.4 Å². The topological polar surface area (TPSA) is 60.0 Å². The van der Waals surface area contributed by atoms with E-state index in [9.17, 15) is 0 Å². The molecule has 0 amide bonds. The van der Waals surface area contributed by atoms with Gasteiger partial charge in [-0.05, 0) is 39.8 Å². The van der Waals surface area contributed by atoms with Crippen molar-refractivity contribution < 1.29 is 0 Å². The van der Waals surface area contributed by atoms with Crippen LogP contribution in [0, 0.1) is 0 Å². The van der Waals surface area contributed by atoms with Crippen molar-refractivity contribution >= 4 is 11.8 Å². The van der Waals surface area contributed by atoms with Crippen LogP contribution in [0.25, 0.3) is 0 Å². The number of rotatable bonds is 6. The zero-order valence-corrected chi connectivity index (χ0v) is 12.1. The molecule has 1 aliphatic heterocycles. The van der Waals surface area contributed by atoms with Gasteiger partial charge in [-0.3, -0.25) is 0 Å². The highest BCUT2D eigenvalue weighted by Gasteiger charge is 2.15. The summed E-state index contributed by atoms with van der Waals surface area (Å²) in [6.07, 6.45) is 2.70. The molecule has 0 spiro atoms. The number of nitrogens with two attached hydrogens (primary N) is 1. The molecule has 1 aromatic rings. The van der Waals surface area contributed by atoms with Crippen molar-refractivity contribution in [2.45, 2.75) is 44.4 Å². The van der Waals surface area contributed by atoms with Gasteiger partial charge in [-0.1, -0.05) is 11.8 Å². The first-order valence-corrected chi connectivity index (χ1v) is 7.70. The van der Waals surface area contributed by atoms with Crippen molar-refractivity contribution in [1.29, 1.82) is 0 Å². The fourth-order valence-corrected chi connectivity index (χ4v) is 3.42. The molecular formula is C12H23N5S. The van der Waals surface area contributed by atoms with Gasteiger partial charge in [-0.2, -0.15) is 0 Å². The maximum Gasteiger partial charge on any atom is 0.191 e. The summed E-state index contributed by atoms with van der Waals surface area (Å²) in [7, 11) is 0. The van der Waals surface area contributed by atoms with Gasteiger partial charge in [-0.15, -0.1) is 10.2 Å². The highest BCUT2D eigenvalue weighted by molar-refractivity contribution is 7.99. The molecule has 1 fully saturated rings. The summed E-state index contributed by atoms with van der Waals surface area (Å²) in [4.78, 5) is 2.52. The van der Waals surface area contributed by atoms with Gasteiger partial charge >= 0.3 is 0 Å². The predicted octanol–water partition coefficient (Wildman–Crippen LogP) is 1.51. The zero-order valence-electron chi connectivity index (χ0n) is 11.3. The smallest absolute Gasteiger partial charge is 0.191 e. The third-order valence-electron chi connectivity index (χ3n) is 3.27. The average molecular weight is 269 g/mol. The highest BCUT2D eigenvalue weighted by Crippen LogP contribution is 2.21. The van der Waals surface area contributed by atoms with Crippen LogP contribution >= 0.6 is 11.8 Å². The minimum atomic E-state index is 0.368. The summed E-state index contributed by atoms with van der Waals surface area (Å²) in [5, 5.41) is 9.41. The molecule has 18 heavy (non-hydrogen) atoms. The van der Waals surface area contributed by atoms with E-state index in [-0.39, 0.29) is 0 Å². The number of hydrogen-bond acceptors (Lipinski definition) is 5. The summed E-state index contributed by atoms with van der Waals surface area (Å²) in [6.45, 7) is 8.41. The minimum Gasteiger partial charge on any atom is -0.324 e. The molecule has 6 heteroatoms. The number of hydrogen-bond donors (Lipinski definition) is 1. The fraction of sp³-hybridized carbons (Fsp3) is 0.833. The monoisotopic (exact) mass is 269 g/mol. The van der Waals surface area contributed by atoms with Crippen LogP contribution in [0.3, 0.4) is 0 Å². The van der Waals surface area contributed by atoms with Gasteiger partial charge in [-0.25, -0.2) is 0 Å². The van der Waals surface area contributed by atoms with E-state index >= 15 is 0 Å². The van der Waals surface area contributed by atoms with Crippen molar-refractivity contribution in [2.24, 2.45) is 5.73 Å². The van der Waals surface area contributed by atoms with E-state index in [1.54, 1.807) is 11.8 Å². The second-order valence-corrected chi connectivity index (χ2v) is 6.03. The Morgan fingerprint density at radius 3 is 2.61 bits per heavy atom. The SMILES string of the molecule is CC(C)n1c(CN)nnc1SCCN1CCCC1. The van der Waals surface area contributed by atoms with Gasteiger partial charge in [0.05, 0.1) is 6.54 Å². The summed E-state index contributed by atoms with van der Waals surface area (Å²) in [5.74, 6) is 1.96. The largest absolute Gasteiger partial charge is 0.324 e. The number of nitrogens with zero attached hydrogens (tertiary/aromatic N) is 4. The molecule has 1 aliphatic rings. The first kappa shape index (κ1) is 13.8. The number of likely N-dealkylation sites (tertiary alicyclic amines) is 1. The average Bonchev–Trinajstić information content (AvgIpc) is 2.97. The first-order valence-electron chi connectivity index (χ1n) is 6.71. The van der Waals surface area contributed by atoms with Crippen LogP contribution in [0.1, 0.15) is 38.6 Å². The van der Waals surface area contributed by atoms with Crippen molar-refractivity contribution in [3.63, 3.8) is 0 Å². The molecule has 0 aromatic carbocycles. The number of thioether (sulfide) groups is 1. The molecule has 102 valence electrons. The van der Waals surface area contributed by atoms with Crippen LogP contribution in [0.4, 0.5) is 0 Å². The van der Waals surface area contributed by atoms with Gasteiger partial charge in [0.1, 0.15) is 5.82 Å². The Balaban J connectivity index is 1.89. The fourth-order valence-electron chi connectivity index (χ4n) is 2.34. The van der Waals surface area contributed by atoms with E-state index in [0.717, 1.165) is 23.3 Å². The van der Waals surface area contributed by atoms with Gasteiger partial charge in [0, 0.05) is 18.3 Å². The quantitative estimate of drug-likeness (QED) is 0.793. The summed E-state index contributed by atoms with van der Waals surface area (Å²) < 4.78 is 2.15. The van der Waals surface area contributed by atoms with E-state index in [1.165, 1.54) is 25.9 Å². The molecule has 0 radical (unpaired) electrons. The Morgan fingerprint density at radius 1 is 1.28 bits per heavy atom. The molecule has 5 nitrogen and oxygen atoms in total. The Labute approximate surface area is 113 Å². The van der Waals surface area contributed by atoms with Crippen LogP contribution < -0.4 is 5.73 Å². The summed E-state index contributed by atoms with van der Waals surface area (Å²) in [5.41, 5.74) is 5.69. The summed E-state index contributed by atoms with van der Waals surface area (Å²) >= 11 is 1.79. The van der Waals surface area contributed by atoms with Crippen molar-refractivity contribution in [3.8, 4) is 0 Å². The number of aromatic nitrogens is 3. The molecule has 0 aliphatic carbocycles. The molecule has 0 unspecified atom stereocenters. The molecule has 2 N–H and O–H groups in total. The lowest BCUT2D eigenvalue weighted by atomic mass is 10.4. The molecule has 2 heterocycles. The van der Waals surface area contributed by atoms with Crippen LogP contribution in [0.2, 0.25) is 0 Å². The van der Waals surface area contributed by atoms with Crippen LogP contribution in [0.5, 0.6) is 0 Å². The molecular weight excluding hydrogens is 246 g/mol. The van der Waals surface area contributed by atoms with Gasteiger partial charge in [0.25, 0.3) is 0 Å². The lowest BCUT2D eigenvalue weighted by Crippen LogP contribution is -2.22. The lowest BCUT2D eigenvalue weighted by Gasteiger charge is -2.15. The van der Waals surface area contributed by atoms with E-state index < -0.39 is 0 Å². The van der Waals surface area contributed by atoms with Gasteiger partial charge in [0.2, 0.25) is 0 Å². The van der Waals surface area contributed by atoms with Crippen LogP contribution in [-0.2, 0) is 6.54 Å².